The first-order chi connectivity index (χ1) is 16.0. The number of nitrogens with zero attached hydrogens (tertiary/aromatic N) is 3. The summed E-state index contributed by atoms with van der Waals surface area (Å²) in [6, 6.07) is 22.0. The summed E-state index contributed by atoms with van der Waals surface area (Å²) < 4.78 is 12.9. The molecule has 3 aromatic carbocycles. The molecule has 4 aromatic rings. The largest absolute Gasteiger partial charge is 0.493 e. The first-order valence-corrected chi connectivity index (χ1v) is 10.7. The molecule has 0 atom stereocenters. The number of hydrogen-bond acceptors (Lipinski definition) is 5. The quantitative estimate of drug-likeness (QED) is 0.321. The van der Waals surface area contributed by atoms with Crippen LogP contribution in [-0.4, -0.2) is 28.8 Å². The van der Waals surface area contributed by atoms with Crippen LogP contribution in [0.4, 0.5) is 5.69 Å². The standard InChI is InChI=1S/C25H22ClN3O4/c1-17-10-12-18(13-11-17)32-15-14-29-21-8-4-2-6-19(21)24(25(29)31)28-27-23(30)16-33-22-9-5-3-7-20(22)26/h2-13,31H,14-16H2,1H3. The Balaban J connectivity index is 1.47. The molecule has 0 aliphatic carbocycles. The molecule has 0 bridgehead atoms. The lowest BCUT2D eigenvalue weighted by atomic mass is 10.2. The van der Waals surface area contributed by atoms with Crippen LogP contribution in [0.25, 0.3) is 10.9 Å². The highest BCUT2D eigenvalue weighted by atomic mass is 35.5. The summed E-state index contributed by atoms with van der Waals surface area (Å²) in [6.45, 7) is 2.42. The zero-order valence-electron chi connectivity index (χ0n) is 17.9. The van der Waals surface area contributed by atoms with Gasteiger partial charge in [-0.3, -0.25) is 4.79 Å². The topological polar surface area (TPSA) is 85.4 Å². The van der Waals surface area contributed by atoms with E-state index < -0.39 is 5.91 Å². The van der Waals surface area contributed by atoms with Crippen molar-refractivity contribution in [3.63, 3.8) is 0 Å². The van der Waals surface area contributed by atoms with Gasteiger partial charge in [0.05, 0.1) is 17.1 Å². The van der Waals surface area contributed by atoms with Gasteiger partial charge >= 0.3 is 5.91 Å². The van der Waals surface area contributed by atoms with Crippen LogP contribution in [0.1, 0.15) is 5.56 Å². The van der Waals surface area contributed by atoms with Crippen LogP contribution in [0.2, 0.25) is 5.02 Å². The van der Waals surface area contributed by atoms with Crippen LogP contribution >= 0.6 is 11.6 Å². The second kappa shape index (κ2) is 10.2. The Bertz CT molecular complexity index is 1300. The van der Waals surface area contributed by atoms with Crippen LogP contribution in [-0.2, 0) is 11.3 Å². The summed E-state index contributed by atoms with van der Waals surface area (Å²) in [6.07, 6.45) is 0. The molecule has 0 aliphatic heterocycles. The third-order valence-corrected chi connectivity index (χ3v) is 5.28. The molecule has 0 radical (unpaired) electrons. The number of benzene rings is 3. The van der Waals surface area contributed by atoms with Crippen LogP contribution in [0.5, 0.6) is 17.4 Å². The highest BCUT2D eigenvalue weighted by molar-refractivity contribution is 6.32. The van der Waals surface area contributed by atoms with E-state index in [9.17, 15) is 9.90 Å². The van der Waals surface area contributed by atoms with Crippen molar-refractivity contribution in [1.82, 2.24) is 4.57 Å². The monoisotopic (exact) mass is 463 g/mol. The van der Waals surface area contributed by atoms with Gasteiger partial charge in [0.25, 0.3) is 0 Å². The van der Waals surface area contributed by atoms with Crippen molar-refractivity contribution in [1.29, 1.82) is 0 Å². The predicted molar refractivity (Wildman–Crippen MR) is 127 cm³/mol. The van der Waals surface area contributed by atoms with E-state index in [1.807, 2.05) is 55.5 Å². The van der Waals surface area contributed by atoms with Gasteiger partial charge in [-0.05, 0) is 37.3 Å². The summed E-state index contributed by atoms with van der Waals surface area (Å²) >= 11 is 6.02. The Labute approximate surface area is 195 Å². The smallest absolute Gasteiger partial charge is 0.302 e. The molecule has 0 fully saturated rings. The number of rotatable bonds is 8. The minimum absolute atomic E-state index is 0.0905. The van der Waals surface area contributed by atoms with Gasteiger partial charge in [0.1, 0.15) is 18.1 Å². The molecule has 0 saturated heterocycles. The maximum Gasteiger partial charge on any atom is 0.302 e. The number of azo groups is 1. The highest BCUT2D eigenvalue weighted by Gasteiger charge is 2.17. The SMILES string of the molecule is Cc1ccc(OCCn2c(O)c(N=NC(=O)COc3ccccc3Cl)c3ccccc32)cc1. The van der Waals surface area contributed by atoms with Crippen molar-refractivity contribution in [3.05, 3.63) is 83.4 Å². The van der Waals surface area contributed by atoms with E-state index in [1.54, 1.807) is 28.8 Å². The van der Waals surface area contributed by atoms with Gasteiger partial charge in [-0.15, -0.1) is 10.2 Å². The zero-order chi connectivity index (χ0) is 23.2. The zero-order valence-corrected chi connectivity index (χ0v) is 18.7. The molecule has 0 saturated carbocycles. The van der Waals surface area contributed by atoms with E-state index in [1.165, 1.54) is 0 Å². The number of carbonyl (C=O) groups excluding carboxylic acids is 1. The lowest BCUT2D eigenvalue weighted by Crippen LogP contribution is -2.08. The summed E-state index contributed by atoms with van der Waals surface area (Å²) in [7, 11) is 0. The maximum atomic E-state index is 12.2. The first-order valence-electron chi connectivity index (χ1n) is 10.3. The lowest BCUT2D eigenvalue weighted by molar-refractivity contribution is -0.120. The highest BCUT2D eigenvalue weighted by Crippen LogP contribution is 2.38. The normalized spacial score (nSPS) is 11.2. The van der Waals surface area contributed by atoms with Crippen LogP contribution < -0.4 is 9.47 Å². The maximum absolute atomic E-state index is 12.2. The van der Waals surface area contributed by atoms with Crippen LogP contribution in [0, 0.1) is 6.92 Å². The van der Waals surface area contributed by atoms with Crippen molar-refractivity contribution >= 4 is 34.1 Å². The molecule has 0 spiro atoms. The average Bonchev–Trinajstić information content (AvgIpc) is 3.09. The lowest BCUT2D eigenvalue weighted by Gasteiger charge is -2.09. The number of aromatic nitrogens is 1. The fourth-order valence-corrected chi connectivity index (χ4v) is 3.51. The molecule has 1 amide bonds. The van der Waals surface area contributed by atoms with E-state index in [0.29, 0.717) is 29.3 Å². The third-order valence-electron chi connectivity index (χ3n) is 4.97. The molecular formula is C25H22ClN3O4. The van der Waals surface area contributed by atoms with Gasteiger partial charge < -0.3 is 19.1 Å². The molecule has 168 valence electrons. The second-order valence-corrected chi connectivity index (χ2v) is 7.72. The van der Waals surface area contributed by atoms with Gasteiger partial charge in [-0.25, -0.2) is 0 Å². The summed E-state index contributed by atoms with van der Waals surface area (Å²) in [5.74, 6) is 0.442. The molecule has 7 nitrogen and oxygen atoms in total. The van der Waals surface area contributed by atoms with Crippen molar-refractivity contribution in [2.24, 2.45) is 10.2 Å². The van der Waals surface area contributed by atoms with E-state index >= 15 is 0 Å². The molecular weight excluding hydrogens is 442 g/mol. The summed E-state index contributed by atoms with van der Waals surface area (Å²) in [4.78, 5) is 12.2. The number of halogens is 1. The van der Waals surface area contributed by atoms with Gasteiger partial charge in [-0.1, -0.05) is 59.6 Å². The Morgan fingerprint density at radius 1 is 1.00 bits per heavy atom. The van der Waals surface area contributed by atoms with Crippen LogP contribution in [0.15, 0.2) is 83.0 Å². The number of amides is 1. The number of aryl methyl sites for hydroxylation is 1. The number of carbonyl (C=O) groups is 1. The van der Waals surface area contributed by atoms with Gasteiger partial charge in [0.2, 0.25) is 5.88 Å². The minimum Gasteiger partial charge on any atom is -0.493 e. The molecule has 1 aromatic heterocycles. The van der Waals surface area contributed by atoms with Gasteiger partial charge in [-0.2, -0.15) is 0 Å². The minimum atomic E-state index is -0.603. The Morgan fingerprint density at radius 2 is 1.73 bits per heavy atom. The number of aromatic hydroxyl groups is 1. The Morgan fingerprint density at radius 3 is 2.52 bits per heavy atom. The molecule has 0 aliphatic rings. The van der Waals surface area contributed by atoms with E-state index in [2.05, 4.69) is 10.2 Å². The first kappa shape index (κ1) is 22.4. The number of ether oxygens (including phenoxy) is 2. The van der Waals surface area contributed by atoms with Crippen molar-refractivity contribution in [2.75, 3.05) is 13.2 Å². The number of hydrogen-bond donors (Lipinski definition) is 1. The molecule has 0 unspecified atom stereocenters. The average molecular weight is 464 g/mol. The molecule has 8 heteroatoms. The number of para-hydroxylation sites is 2. The van der Waals surface area contributed by atoms with E-state index in [0.717, 1.165) is 16.8 Å². The molecule has 4 rings (SSSR count). The Hall–Kier alpha value is -3.84. The van der Waals surface area contributed by atoms with Gasteiger partial charge in [0, 0.05) is 5.39 Å². The van der Waals surface area contributed by atoms with E-state index in [4.69, 9.17) is 21.1 Å². The summed E-state index contributed by atoms with van der Waals surface area (Å²) in [5, 5.41) is 19.6. The fraction of sp³-hybridized carbons (Fsp3) is 0.160. The molecule has 1 N–H and O–H groups in total. The van der Waals surface area contributed by atoms with Crippen molar-refractivity contribution in [2.45, 2.75) is 13.5 Å². The third kappa shape index (κ3) is 5.32. The van der Waals surface area contributed by atoms with E-state index in [-0.39, 0.29) is 18.2 Å². The van der Waals surface area contributed by atoms with Crippen molar-refractivity contribution in [3.8, 4) is 17.4 Å². The van der Waals surface area contributed by atoms with Gasteiger partial charge in [0.15, 0.2) is 12.3 Å². The molecule has 33 heavy (non-hydrogen) atoms. The summed E-state index contributed by atoms with van der Waals surface area (Å²) in [5.41, 5.74) is 2.13. The molecule has 1 heterocycles. The fourth-order valence-electron chi connectivity index (χ4n) is 3.32. The number of fused-ring (bicyclic) bond motifs is 1. The van der Waals surface area contributed by atoms with Crippen molar-refractivity contribution < 1.29 is 19.4 Å². The predicted octanol–water partition coefficient (Wildman–Crippen LogP) is 6.08. The Kier molecular flexibility index (Phi) is 6.90. The second-order valence-electron chi connectivity index (χ2n) is 7.32. The van der Waals surface area contributed by atoms with Crippen LogP contribution in [0.3, 0.4) is 0 Å².